The van der Waals surface area contributed by atoms with Crippen molar-refractivity contribution >= 4 is 34.1 Å². The molecule has 1 amide bonds. The molecule has 9 heteroatoms. The summed E-state index contributed by atoms with van der Waals surface area (Å²) in [5.74, 6) is -1.72. The number of aryl methyl sites for hydroxylation is 1. The third-order valence-electron chi connectivity index (χ3n) is 3.93. The first kappa shape index (κ1) is 18.9. The molecule has 27 heavy (non-hydrogen) atoms. The Morgan fingerprint density at radius 2 is 1.85 bits per heavy atom. The highest BCUT2D eigenvalue weighted by atomic mass is 35.5. The first-order chi connectivity index (χ1) is 12.6. The van der Waals surface area contributed by atoms with E-state index < -0.39 is 40.1 Å². The molecule has 3 rings (SSSR count). The number of halogens is 5. The summed E-state index contributed by atoms with van der Waals surface area (Å²) in [6.45, 7) is 0. The SMILES string of the molecule is Cn1cc(C(=O)Nc2ccc(Cl)cc2C(F)(F)F)c(=O)c2cc(F)ccc21. The molecule has 0 saturated heterocycles. The third-order valence-corrected chi connectivity index (χ3v) is 4.17. The molecule has 0 atom stereocenters. The first-order valence-corrected chi connectivity index (χ1v) is 7.92. The van der Waals surface area contributed by atoms with E-state index >= 15 is 0 Å². The molecule has 0 bridgehead atoms. The maximum Gasteiger partial charge on any atom is 0.418 e. The molecule has 0 aliphatic carbocycles. The minimum absolute atomic E-state index is 0.0581. The zero-order chi connectivity index (χ0) is 19.9. The van der Waals surface area contributed by atoms with Crippen molar-refractivity contribution in [1.29, 1.82) is 0 Å². The topological polar surface area (TPSA) is 51.1 Å². The van der Waals surface area contributed by atoms with Crippen LogP contribution in [0.2, 0.25) is 5.02 Å². The van der Waals surface area contributed by atoms with E-state index in [1.165, 1.54) is 29.9 Å². The Balaban J connectivity index is 2.08. The molecular formula is C18H11ClF4N2O2. The van der Waals surface area contributed by atoms with E-state index in [0.717, 1.165) is 18.2 Å². The van der Waals surface area contributed by atoms with Crippen LogP contribution in [-0.2, 0) is 13.2 Å². The number of carbonyl (C=O) groups is 1. The fourth-order valence-electron chi connectivity index (χ4n) is 2.68. The van der Waals surface area contributed by atoms with Gasteiger partial charge in [-0.05, 0) is 36.4 Å². The number of anilines is 1. The van der Waals surface area contributed by atoms with Gasteiger partial charge in [0.15, 0.2) is 0 Å². The smallest absolute Gasteiger partial charge is 0.350 e. The van der Waals surface area contributed by atoms with Crippen LogP contribution >= 0.6 is 11.6 Å². The van der Waals surface area contributed by atoms with Gasteiger partial charge in [0.05, 0.1) is 16.8 Å². The van der Waals surface area contributed by atoms with Crippen LogP contribution in [0, 0.1) is 5.82 Å². The number of benzene rings is 2. The van der Waals surface area contributed by atoms with Gasteiger partial charge >= 0.3 is 6.18 Å². The van der Waals surface area contributed by atoms with Gasteiger partial charge in [-0.15, -0.1) is 0 Å². The van der Waals surface area contributed by atoms with Crippen LogP contribution < -0.4 is 10.7 Å². The summed E-state index contributed by atoms with van der Waals surface area (Å²) >= 11 is 5.60. The molecule has 0 fully saturated rings. The summed E-state index contributed by atoms with van der Waals surface area (Å²) in [5.41, 5.74) is -2.52. The van der Waals surface area contributed by atoms with E-state index in [2.05, 4.69) is 5.32 Å². The highest BCUT2D eigenvalue weighted by molar-refractivity contribution is 6.30. The van der Waals surface area contributed by atoms with Crippen LogP contribution in [0.3, 0.4) is 0 Å². The quantitative estimate of drug-likeness (QED) is 0.641. The zero-order valence-corrected chi connectivity index (χ0v) is 14.5. The monoisotopic (exact) mass is 398 g/mol. The van der Waals surface area contributed by atoms with Crippen molar-refractivity contribution in [3.63, 3.8) is 0 Å². The number of hydrogen-bond acceptors (Lipinski definition) is 2. The van der Waals surface area contributed by atoms with Gasteiger partial charge in [0.2, 0.25) is 5.43 Å². The summed E-state index contributed by atoms with van der Waals surface area (Å²) in [5, 5.41) is 1.87. The van der Waals surface area contributed by atoms with Crippen molar-refractivity contribution in [1.82, 2.24) is 4.57 Å². The molecule has 1 N–H and O–H groups in total. The van der Waals surface area contributed by atoms with Gasteiger partial charge in [-0.25, -0.2) is 4.39 Å². The van der Waals surface area contributed by atoms with E-state index in [1.807, 2.05) is 0 Å². The predicted octanol–water partition coefficient (Wildman–Crippen LogP) is 4.60. The molecule has 140 valence electrons. The number of aromatic nitrogens is 1. The number of fused-ring (bicyclic) bond motifs is 1. The Morgan fingerprint density at radius 3 is 2.52 bits per heavy atom. The maximum atomic E-state index is 13.5. The number of amides is 1. The number of rotatable bonds is 2. The second kappa shape index (κ2) is 6.70. The average molecular weight is 399 g/mol. The van der Waals surface area contributed by atoms with Crippen LogP contribution in [0.5, 0.6) is 0 Å². The molecule has 3 aromatic rings. The molecule has 1 heterocycles. The van der Waals surface area contributed by atoms with Crippen molar-refractivity contribution in [2.24, 2.45) is 7.05 Å². The summed E-state index contributed by atoms with van der Waals surface area (Å²) in [4.78, 5) is 25.0. The maximum absolute atomic E-state index is 13.5. The van der Waals surface area contributed by atoms with Crippen LogP contribution in [-0.4, -0.2) is 10.5 Å². The van der Waals surface area contributed by atoms with Crippen molar-refractivity contribution in [2.45, 2.75) is 6.18 Å². The molecule has 1 aromatic heterocycles. The van der Waals surface area contributed by atoms with Gasteiger partial charge in [0.1, 0.15) is 11.4 Å². The lowest BCUT2D eigenvalue weighted by Crippen LogP contribution is -2.24. The van der Waals surface area contributed by atoms with Crippen LogP contribution in [0.4, 0.5) is 23.2 Å². The number of pyridine rings is 1. The van der Waals surface area contributed by atoms with E-state index in [1.54, 1.807) is 0 Å². The standard InChI is InChI=1S/C18H11ClF4N2O2/c1-25-8-12(16(26)11-7-10(20)3-5-15(11)25)17(27)24-14-4-2-9(19)6-13(14)18(21,22)23/h2-8H,1H3,(H,24,27). The third kappa shape index (κ3) is 3.66. The minimum Gasteiger partial charge on any atom is -0.350 e. The molecule has 4 nitrogen and oxygen atoms in total. The van der Waals surface area contributed by atoms with Crippen molar-refractivity contribution in [3.05, 3.63) is 74.8 Å². The Kier molecular flexibility index (Phi) is 4.69. The van der Waals surface area contributed by atoms with Crippen molar-refractivity contribution in [2.75, 3.05) is 5.32 Å². The highest BCUT2D eigenvalue weighted by Gasteiger charge is 2.34. The van der Waals surface area contributed by atoms with Gasteiger partial charge in [-0.3, -0.25) is 9.59 Å². The van der Waals surface area contributed by atoms with E-state index in [9.17, 15) is 27.2 Å². The lowest BCUT2D eigenvalue weighted by Gasteiger charge is -2.15. The molecular weight excluding hydrogens is 388 g/mol. The fraction of sp³-hybridized carbons (Fsp3) is 0.111. The van der Waals surface area contributed by atoms with E-state index in [4.69, 9.17) is 11.6 Å². The largest absolute Gasteiger partial charge is 0.418 e. The van der Waals surface area contributed by atoms with Gasteiger partial charge in [-0.1, -0.05) is 11.6 Å². The molecule has 2 aromatic carbocycles. The Labute approximate surface area is 155 Å². The predicted molar refractivity (Wildman–Crippen MR) is 93.6 cm³/mol. The number of hydrogen-bond donors (Lipinski definition) is 1. The first-order valence-electron chi connectivity index (χ1n) is 7.55. The van der Waals surface area contributed by atoms with Crippen LogP contribution in [0.1, 0.15) is 15.9 Å². The number of nitrogens with zero attached hydrogens (tertiary/aromatic N) is 1. The van der Waals surface area contributed by atoms with Gasteiger partial charge < -0.3 is 9.88 Å². The molecule has 0 unspecified atom stereocenters. The van der Waals surface area contributed by atoms with Gasteiger partial charge in [-0.2, -0.15) is 13.2 Å². The molecule has 0 saturated carbocycles. The van der Waals surface area contributed by atoms with Crippen molar-refractivity contribution in [3.8, 4) is 0 Å². The molecule has 0 aliphatic rings. The molecule has 0 aliphatic heterocycles. The Morgan fingerprint density at radius 1 is 1.15 bits per heavy atom. The number of nitrogens with one attached hydrogen (secondary N) is 1. The molecule has 0 radical (unpaired) electrons. The number of carbonyl (C=O) groups excluding carboxylic acids is 1. The zero-order valence-electron chi connectivity index (χ0n) is 13.7. The van der Waals surface area contributed by atoms with Gasteiger partial charge in [0, 0.05) is 23.7 Å². The van der Waals surface area contributed by atoms with Crippen LogP contribution in [0.25, 0.3) is 10.9 Å². The lowest BCUT2D eigenvalue weighted by molar-refractivity contribution is -0.136. The van der Waals surface area contributed by atoms with Crippen LogP contribution in [0.15, 0.2) is 47.4 Å². The van der Waals surface area contributed by atoms with E-state index in [0.29, 0.717) is 11.6 Å². The summed E-state index contributed by atoms with van der Waals surface area (Å²) in [7, 11) is 1.53. The second-order valence-corrected chi connectivity index (χ2v) is 6.22. The molecule has 0 spiro atoms. The Hall–Kier alpha value is -2.87. The normalized spacial score (nSPS) is 11.6. The second-order valence-electron chi connectivity index (χ2n) is 5.79. The van der Waals surface area contributed by atoms with Gasteiger partial charge in [0.25, 0.3) is 5.91 Å². The summed E-state index contributed by atoms with van der Waals surface area (Å²) < 4.78 is 54.4. The summed E-state index contributed by atoms with van der Waals surface area (Å²) in [6, 6.07) is 6.34. The van der Waals surface area contributed by atoms with Crippen molar-refractivity contribution < 1.29 is 22.4 Å². The minimum atomic E-state index is -4.76. The average Bonchev–Trinajstić information content (AvgIpc) is 2.58. The Bertz CT molecular complexity index is 1120. The summed E-state index contributed by atoms with van der Waals surface area (Å²) in [6.07, 6.45) is -3.58. The highest BCUT2D eigenvalue weighted by Crippen LogP contribution is 2.36. The number of alkyl halides is 3. The van der Waals surface area contributed by atoms with E-state index in [-0.39, 0.29) is 10.4 Å². The lowest BCUT2D eigenvalue weighted by atomic mass is 10.1. The fourth-order valence-corrected chi connectivity index (χ4v) is 2.85.